The molecule has 1 spiro atoms. The number of methoxy groups -OCH3 is 1. The number of anilines is 1. The van der Waals surface area contributed by atoms with Gasteiger partial charge in [-0.25, -0.2) is 0 Å². The first kappa shape index (κ1) is 14.5. The van der Waals surface area contributed by atoms with Gasteiger partial charge in [0, 0.05) is 20.0 Å². The molecule has 23 heavy (non-hydrogen) atoms. The van der Waals surface area contributed by atoms with Crippen LogP contribution in [0.3, 0.4) is 0 Å². The summed E-state index contributed by atoms with van der Waals surface area (Å²) in [5, 5.41) is 8.04. The molecule has 6 nitrogen and oxygen atoms in total. The van der Waals surface area contributed by atoms with E-state index in [2.05, 4.69) is 27.2 Å². The smallest absolute Gasteiger partial charge is 0.318 e. The minimum absolute atomic E-state index is 0.189. The second-order valence-corrected chi connectivity index (χ2v) is 6.21. The molecule has 122 valence electrons. The highest BCUT2D eigenvalue weighted by Gasteiger charge is 2.41. The molecule has 0 N–H and O–H groups in total. The van der Waals surface area contributed by atoms with Crippen LogP contribution in [0.5, 0.6) is 5.75 Å². The predicted octanol–water partition coefficient (Wildman–Crippen LogP) is 2.46. The Morgan fingerprint density at radius 3 is 2.74 bits per heavy atom. The van der Waals surface area contributed by atoms with Gasteiger partial charge in [-0.1, -0.05) is 11.2 Å². The molecule has 6 heteroatoms. The summed E-state index contributed by atoms with van der Waals surface area (Å²) >= 11 is 0. The molecule has 0 atom stereocenters. The summed E-state index contributed by atoms with van der Waals surface area (Å²) in [6, 6.07) is 6.96. The van der Waals surface area contributed by atoms with Crippen molar-refractivity contribution in [1.82, 2.24) is 10.2 Å². The summed E-state index contributed by atoms with van der Waals surface area (Å²) in [4.78, 5) is 2.15. The van der Waals surface area contributed by atoms with Crippen LogP contribution in [-0.4, -0.2) is 37.0 Å². The van der Waals surface area contributed by atoms with Crippen LogP contribution in [-0.2, 0) is 16.8 Å². The van der Waals surface area contributed by atoms with Gasteiger partial charge in [0.1, 0.15) is 5.75 Å². The zero-order chi connectivity index (χ0) is 15.9. The van der Waals surface area contributed by atoms with Gasteiger partial charge >= 0.3 is 6.01 Å². The number of rotatable bonds is 2. The first-order chi connectivity index (χ1) is 11.2. The van der Waals surface area contributed by atoms with Crippen LogP contribution in [0, 0.1) is 6.92 Å². The lowest BCUT2D eigenvalue weighted by molar-refractivity contribution is -0.0770. The van der Waals surface area contributed by atoms with Gasteiger partial charge in [-0.3, -0.25) is 0 Å². The molecule has 2 aliphatic rings. The quantitative estimate of drug-likeness (QED) is 0.848. The lowest BCUT2D eigenvalue weighted by atomic mass is 9.79. The fourth-order valence-corrected chi connectivity index (χ4v) is 3.67. The summed E-state index contributed by atoms with van der Waals surface area (Å²) < 4.78 is 17.2. The molecule has 2 aliphatic heterocycles. The molecule has 0 saturated carbocycles. The summed E-state index contributed by atoms with van der Waals surface area (Å²) in [5.41, 5.74) is 2.47. The van der Waals surface area contributed by atoms with E-state index in [1.807, 2.05) is 13.0 Å². The fourth-order valence-electron chi connectivity index (χ4n) is 3.67. The van der Waals surface area contributed by atoms with Crippen molar-refractivity contribution < 1.29 is 13.9 Å². The highest BCUT2D eigenvalue weighted by Crippen LogP contribution is 2.42. The van der Waals surface area contributed by atoms with Gasteiger partial charge in [-0.05, 0) is 42.5 Å². The van der Waals surface area contributed by atoms with Gasteiger partial charge in [-0.15, -0.1) is 5.10 Å². The molecule has 1 aromatic carbocycles. The predicted molar refractivity (Wildman–Crippen MR) is 84.8 cm³/mol. The van der Waals surface area contributed by atoms with Crippen molar-refractivity contribution in [2.75, 3.05) is 31.7 Å². The summed E-state index contributed by atoms with van der Waals surface area (Å²) in [5.74, 6) is 1.52. The van der Waals surface area contributed by atoms with Gasteiger partial charge in [-0.2, -0.15) is 0 Å². The first-order valence-electron chi connectivity index (χ1n) is 8.07. The van der Waals surface area contributed by atoms with Gasteiger partial charge in [0.2, 0.25) is 5.89 Å². The van der Waals surface area contributed by atoms with E-state index in [1.54, 1.807) is 7.11 Å². The van der Waals surface area contributed by atoms with Crippen LogP contribution >= 0.6 is 0 Å². The number of ether oxygens (including phenoxy) is 2. The van der Waals surface area contributed by atoms with E-state index in [1.165, 1.54) is 11.1 Å². The number of hydrogen-bond acceptors (Lipinski definition) is 6. The zero-order valence-electron chi connectivity index (χ0n) is 13.5. The summed E-state index contributed by atoms with van der Waals surface area (Å²) in [6.07, 6.45) is 2.79. The van der Waals surface area contributed by atoms with Gasteiger partial charge < -0.3 is 18.8 Å². The topological polar surface area (TPSA) is 60.6 Å². The van der Waals surface area contributed by atoms with Crippen LogP contribution in [0.15, 0.2) is 22.6 Å². The van der Waals surface area contributed by atoms with E-state index in [0.29, 0.717) is 11.9 Å². The monoisotopic (exact) mass is 315 g/mol. The normalized spacial score (nSPS) is 19.7. The van der Waals surface area contributed by atoms with Crippen molar-refractivity contribution in [2.24, 2.45) is 0 Å². The van der Waals surface area contributed by atoms with E-state index in [0.717, 1.165) is 44.7 Å². The molecular weight excluding hydrogens is 294 g/mol. The zero-order valence-corrected chi connectivity index (χ0v) is 13.5. The highest BCUT2D eigenvalue weighted by atomic mass is 16.5. The third-order valence-electron chi connectivity index (χ3n) is 4.91. The largest absolute Gasteiger partial charge is 0.497 e. The minimum Gasteiger partial charge on any atom is -0.497 e. The molecule has 0 aliphatic carbocycles. The van der Waals surface area contributed by atoms with Gasteiger partial charge in [0.05, 0.1) is 19.3 Å². The third-order valence-corrected chi connectivity index (χ3v) is 4.91. The van der Waals surface area contributed by atoms with E-state index >= 15 is 0 Å². The van der Waals surface area contributed by atoms with Crippen molar-refractivity contribution >= 4 is 6.01 Å². The Kier molecular flexibility index (Phi) is 3.49. The van der Waals surface area contributed by atoms with Crippen LogP contribution in [0.2, 0.25) is 0 Å². The number of aryl methyl sites for hydroxylation is 1. The Hall–Kier alpha value is -2.08. The second kappa shape index (κ2) is 5.53. The number of nitrogens with zero attached hydrogens (tertiary/aromatic N) is 3. The fraction of sp³-hybridized carbons (Fsp3) is 0.529. The Morgan fingerprint density at radius 2 is 2.04 bits per heavy atom. The van der Waals surface area contributed by atoms with E-state index in [9.17, 15) is 0 Å². The SMILES string of the molecule is COc1ccc2c(c1)CCOC21CCN(c2nnc(C)o2)CC1. The number of aromatic nitrogens is 2. The standard InChI is InChI=1S/C17H21N3O3/c1-12-18-19-16(23-12)20-8-6-17(7-9-20)15-4-3-14(21-2)11-13(15)5-10-22-17/h3-4,11H,5-10H2,1-2H3. The lowest BCUT2D eigenvalue weighted by Crippen LogP contribution is -2.46. The first-order valence-corrected chi connectivity index (χ1v) is 8.07. The number of fused-ring (bicyclic) bond motifs is 2. The van der Waals surface area contributed by atoms with Crippen molar-refractivity contribution in [3.05, 3.63) is 35.2 Å². The molecule has 2 aromatic rings. The second-order valence-electron chi connectivity index (χ2n) is 6.21. The number of hydrogen-bond donors (Lipinski definition) is 0. The average molecular weight is 315 g/mol. The molecule has 0 amide bonds. The Labute approximate surface area is 135 Å². The molecule has 3 heterocycles. The molecule has 0 radical (unpaired) electrons. The van der Waals surface area contributed by atoms with Crippen molar-refractivity contribution in [3.63, 3.8) is 0 Å². The highest BCUT2D eigenvalue weighted by molar-refractivity contribution is 5.42. The van der Waals surface area contributed by atoms with E-state index in [4.69, 9.17) is 13.9 Å². The van der Waals surface area contributed by atoms with Gasteiger partial charge in [0.15, 0.2) is 0 Å². The van der Waals surface area contributed by atoms with Crippen LogP contribution in [0.4, 0.5) is 6.01 Å². The lowest BCUT2D eigenvalue weighted by Gasteiger charge is -2.44. The van der Waals surface area contributed by atoms with Crippen molar-refractivity contribution in [3.8, 4) is 5.75 Å². The molecule has 1 aromatic heterocycles. The van der Waals surface area contributed by atoms with Gasteiger partial charge in [0.25, 0.3) is 0 Å². The maximum Gasteiger partial charge on any atom is 0.318 e. The van der Waals surface area contributed by atoms with E-state index in [-0.39, 0.29) is 5.60 Å². The molecule has 0 bridgehead atoms. The molecule has 0 unspecified atom stereocenters. The maximum atomic E-state index is 6.26. The van der Waals surface area contributed by atoms with Crippen LogP contribution in [0.1, 0.15) is 29.9 Å². The summed E-state index contributed by atoms with van der Waals surface area (Å²) in [6.45, 7) is 4.29. The van der Waals surface area contributed by atoms with Crippen molar-refractivity contribution in [1.29, 1.82) is 0 Å². The minimum atomic E-state index is -0.189. The maximum absolute atomic E-state index is 6.26. The molecular formula is C17H21N3O3. The van der Waals surface area contributed by atoms with E-state index < -0.39 is 0 Å². The Balaban J connectivity index is 1.57. The molecule has 4 rings (SSSR count). The molecule has 1 saturated heterocycles. The number of benzene rings is 1. The third kappa shape index (κ3) is 2.47. The Bertz CT molecular complexity index is 705. The molecule has 1 fully saturated rings. The van der Waals surface area contributed by atoms with Crippen LogP contribution < -0.4 is 9.64 Å². The average Bonchev–Trinajstić information content (AvgIpc) is 3.02. The summed E-state index contributed by atoms with van der Waals surface area (Å²) in [7, 11) is 1.71. The number of piperidine rings is 1. The van der Waals surface area contributed by atoms with Crippen molar-refractivity contribution in [2.45, 2.75) is 31.8 Å². The Morgan fingerprint density at radius 1 is 1.22 bits per heavy atom. The van der Waals surface area contributed by atoms with Crippen LogP contribution in [0.25, 0.3) is 0 Å².